The average Bonchev–Trinajstić information content (AvgIpc) is 2.44. The molecule has 0 atom stereocenters. The van der Waals surface area contributed by atoms with Gasteiger partial charge in [0.15, 0.2) is 6.61 Å². The fourth-order valence-electron chi connectivity index (χ4n) is 1.77. The molecular weight excluding hydrogens is 280 g/mol. The summed E-state index contributed by atoms with van der Waals surface area (Å²) in [6.45, 7) is -0.537. The van der Waals surface area contributed by atoms with E-state index in [1.165, 1.54) is 30.3 Å². The molecule has 4 nitrogen and oxygen atoms in total. The van der Waals surface area contributed by atoms with E-state index >= 15 is 0 Å². The van der Waals surface area contributed by atoms with E-state index in [-0.39, 0.29) is 11.3 Å². The molecule has 0 saturated carbocycles. The van der Waals surface area contributed by atoms with Crippen molar-refractivity contribution in [1.29, 1.82) is 0 Å². The first-order valence-corrected chi connectivity index (χ1v) is 5.99. The lowest BCUT2D eigenvalue weighted by Gasteiger charge is -2.09. The molecule has 0 bridgehead atoms. The third kappa shape index (κ3) is 3.22. The second kappa shape index (κ2) is 6.13. The highest BCUT2D eigenvalue weighted by molar-refractivity contribution is 5.98. The predicted octanol–water partition coefficient (Wildman–Crippen LogP) is 2.33. The number of primary amides is 1. The molecule has 0 spiro atoms. The Kier molecular flexibility index (Phi) is 4.27. The fourth-order valence-corrected chi connectivity index (χ4v) is 1.77. The molecule has 0 heterocycles. The van der Waals surface area contributed by atoms with E-state index in [2.05, 4.69) is 0 Å². The van der Waals surface area contributed by atoms with E-state index < -0.39 is 35.5 Å². The van der Waals surface area contributed by atoms with Gasteiger partial charge in [-0.2, -0.15) is 0 Å². The van der Waals surface area contributed by atoms with Gasteiger partial charge in [-0.25, -0.2) is 8.78 Å². The summed E-state index contributed by atoms with van der Waals surface area (Å²) in [4.78, 5) is 23.0. The van der Waals surface area contributed by atoms with E-state index in [1.807, 2.05) is 0 Å². The highest BCUT2D eigenvalue weighted by Gasteiger charge is 2.17. The molecule has 2 aromatic rings. The van der Waals surface area contributed by atoms with Crippen LogP contribution in [0.1, 0.15) is 20.7 Å². The maximum Gasteiger partial charge on any atom is 0.255 e. The topological polar surface area (TPSA) is 69.4 Å². The number of ether oxygens (including phenoxy) is 1. The summed E-state index contributed by atoms with van der Waals surface area (Å²) in [5, 5.41) is 0. The van der Waals surface area contributed by atoms with Gasteiger partial charge in [0.25, 0.3) is 5.91 Å². The minimum Gasteiger partial charge on any atom is -0.484 e. The Morgan fingerprint density at radius 3 is 2.33 bits per heavy atom. The molecular formula is C15H11F2NO3. The molecule has 0 fully saturated rings. The Labute approximate surface area is 119 Å². The first-order chi connectivity index (χ1) is 10.0. The van der Waals surface area contributed by atoms with E-state index in [9.17, 15) is 18.4 Å². The minimum atomic E-state index is -1.01. The van der Waals surface area contributed by atoms with Gasteiger partial charge in [-0.05, 0) is 24.3 Å². The molecule has 6 heteroatoms. The van der Waals surface area contributed by atoms with Crippen molar-refractivity contribution >= 4 is 11.7 Å². The highest BCUT2D eigenvalue weighted by Crippen LogP contribution is 2.21. The van der Waals surface area contributed by atoms with Crippen molar-refractivity contribution in [1.82, 2.24) is 0 Å². The maximum absolute atomic E-state index is 13.5. The van der Waals surface area contributed by atoms with Gasteiger partial charge in [-0.1, -0.05) is 18.2 Å². The Balaban J connectivity index is 2.18. The lowest BCUT2D eigenvalue weighted by Crippen LogP contribution is -2.18. The van der Waals surface area contributed by atoms with Crippen molar-refractivity contribution in [2.24, 2.45) is 5.73 Å². The number of hydrogen-bond acceptors (Lipinski definition) is 3. The van der Waals surface area contributed by atoms with E-state index in [4.69, 9.17) is 10.5 Å². The Hall–Kier alpha value is -2.76. The first kappa shape index (κ1) is 14.6. The molecule has 0 unspecified atom stereocenters. The molecule has 0 saturated heterocycles. The van der Waals surface area contributed by atoms with E-state index in [1.54, 1.807) is 0 Å². The molecule has 0 aliphatic heterocycles. The van der Waals surface area contributed by atoms with Crippen molar-refractivity contribution in [3.8, 4) is 5.75 Å². The summed E-state index contributed by atoms with van der Waals surface area (Å²) in [7, 11) is 0. The van der Waals surface area contributed by atoms with Gasteiger partial charge < -0.3 is 10.5 Å². The number of carbonyl (C=O) groups excluding carboxylic acids is 2. The summed E-state index contributed by atoms with van der Waals surface area (Å²) in [5.41, 5.74) is 4.46. The van der Waals surface area contributed by atoms with Crippen LogP contribution in [0.3, 0.4) is 0 Å². The number of carbonyl (C=O) groups is 2. The van der Waals surface area contributed by atoms with E-state index in [0.717, 1.165) is 12.1 Å². The molecule has 108 valence electrons. The maximum atomic E-state index is 13.5. The summed E-state index contributed by atoms with van der Waals surface area (Å²) in [5.74, 6) is -3.33. The summed E-state index contributed by atoms with van der Waals surface area (Å²) in [6.07, 6.45) is 0. The normalized spacial score (nSPS) is 10.2. The zero-order chi connectivity index (χ0) is 15.4. The lowest BCUT2D eigenvalue weighted by atomic mass is 10.1. The van der Waals surface area contributed by atoms with Crippen LogP contribution in [0.5, 0.6) is 5.75 Å². The summed E-state index contributed by atoms with van der Waals surface area (Å²) < 4.78 is 32.0. The average molecular weight is 291 g/mol. The Bertz CT molecular complexity index is 701. The van der Waals surface area contributed by atoms with Crippen LogP contribution >= 0.6 is 0 Å². The van der Waals surface area contributed by atoms with Crippen molar-refractivity contribution in [2.75, 3.05) is 6.61 Å². The van der Waals surface area contributed by atoms with E-state index in [0.29, 0.717) is 0 Å². The smallest absolute Gasteiger partial charge is 0.255 e. The molecule has 0 aromatic heterocycles. The van der Waals surface area contributed by atoms with Crippen LogP contribution in [-0.4, -0.2) is 18.3 Å². The van der Waals surface area contributed by atoms with Crippen LogP contribution in [0.4, 0.5) is 8.78 Å². The number of Topliss-reactive ketones (excluding diaryl/α,β-unsaturated/α-hetero) is 1. The monoisotopic (exact) mass is 291 g/mol. The number of ketones is 1. The second-order valence-electron chi connectivity index (χ2n) is 4.17. The minimum absolute atomic E-state index is 0.144. The number of nitrogens with two attached hydrogens (primary N) is 1. The predicted molar refractivity (Wildman–Crippen MR) is 71.1 cm³/mol. The van der Waals surface area contributed by atoms with Crippen molar-refractivity contribution in [3.05, 3.63) is 65.2 Å². The standard InChI is InChI=1S/C15H11F2NO3/c16-10-5-2-1-4-9(10)12(19)8-21-13-7-3-6-11(17)14(13)15(18)20/h1-7H,8H2,(H2,18,20). The number of benzene rings is 2. The number of halogens is 2. The molecule has 0 radical (unpaired) electrons. The first-order valence-electron chi connectivity index (χ1n) is 5.99. The van der Waals surface area contributed by atoms with Crippen LogP contribution in [0.25, 0.3) is 0 Å². The molecule has 2 N–H and O–H groups in total. The van der Waals surface area contributed by atoms with Crippen LogP contribution in [0.15, 0.2) is 42.5 Å². The van der Waals surface area contributed by atoms with Gasteiger partial charge in [-0.15, -0.1) is 0 Å². The molecule has 1 amide bonds. The van der Waals surface area contributed by atoms with Crippen LogP contribution in [0.2, 0.25) is 0 Å². The van der Waals surface area contributed by atoms with Crippen molar-refractivity contribution < 1.29 is 23.1 Å². The van der Waals surface area contributed by atoms with Crippen molar-refractivity contribution in [3.63, 3.8) is 0 Å². The van der Waals surface area contributed by atoms with Gasteiger partial charge in [0.05, 0.1) is 5.56 Å². The van der Waals surface area contributed by atoms with Gasteiger partial charge in [-0.3, -0.25) is 9.59 Å². The van der Waals surface area contributed by atoms with Gasteiger partial charge in [0.2, 0.25) is 5.78 Å². The summed E-state index contributed by atoms with van der Waals surface area (Å²) >= 11 is 0. The molecule has 0 aliphatic rings. The van der Waals surface area contributed by atoms with Gasteiger partial charge >= 0.3 is 0 Å². The number of amides is 1. The second-order valence-corrected chi connectivity index (χ2v) is 4.17. The summed E-state index contributed by atoms with van der Waals surface area (Å²) in [6, 6.07) is 9.07. The van der Waals surface area contributed by atoms with Crippen molar-refractivity contribution in [2.45, 2.75) is 0 Å². The zero-order valence-corrected chi connectivity index (χ0v) is 10.8. The number of hydrogen-bond donors (Lipinski definition) is 1. The molecule has 0 aliphatic carbocycles. The fraction of sp³-hybridized carbons (Fsp3) is 0.0667. The number of rotatable bonds is 5. The third-order valence-corrected chi connectivity index (χ3v) is 2.75. The van der Waals surface area contributed by atoms with Crippen LogP contribution in [0, 0.1) is 11.6 Å². The van der Waals surface area contributed by atoms with Gasteiger partial charge in [0, 0.05) is 0 Å². The molecule has 2 rings (SSSR count). The molecule has 2 aromatic carbocycles. The zero-order valence-electron chi connectivity index (χ0n) is 10.8. The SMILES string of the molecule is NC(=O)c1c(F)cccc1OCC(=O)c1ccccc1F. The third-order valence-electron chi connectivity index (χ3n) is 2.75. The Morgan fingerprint density at radius 1 is 1.00 bits per heavy atom. The molecule has 21 heavy (non-hydrogen) atoms. The lowest BCUT2D eigenvalue weighted by molar-refractivity contribution is 0.0907. The Morgan fingerprint density at radius 2 is 1.67 bits per heavy atom. The quantitative estimate of drug-likeness (QED) is 0.859. The van der Waals surface area contributed by atoms with Crippen LogP contribution in [-0.2, 0) is 0 Å². The highest BCUT2D eigenvalue weighted by atomic mass is 19.1. The van der Waals surface area contributed by atoms with Gasteiger partial charge in [0.1, 0.15) is 22.9 Å². The van der Waals surface area contributed by atoms with Crippen LogP contribution < -0.4 is 10.5 Å². The largest absolute Gasteiger partial charge is 0.484 e.